The molecule has 2 heterocycles. The number of aromatic nitrogens is 2. The first-order valence-corrected chi connectivity index (χ1v) is 11.3. The van der Waals surface area contributed by atoms with Crippen LogP contribution in [0.1, 0.15) is 59.6 Å². The van der Waals surface area contributed by atoms with Gasteiger partial charge < -0.3 is 15.5 Å². The van der Waals surface area contributed by atoms with Crippen LogP contribution in [0.4, 0.5) is 4.79 Å². The van der Waals surface area contributed by atoms with Gasteiger partial charge in [-0.2, -0.15) is 5.10 Å². The molecule has 7 nitrogen and oxygen atoms in total. The average molecular weight is 434 g/mol. The fourth-order valence-corrected chi connectivity index (χ4v) is 4.47. The molecule has 1 aliphatic rings. The topological polar surface area (TPSA) is 90.1 Å². The number of nitrogens with one attached hydrogen (secondary N) is 3. The first-order chi connectivity index (χ1) is 15.6. The van der Waals surface area contributed by atoms with E-state index in [1.54, 1.807) is 7.05 Å². The number of aromatic amines is 1. The Labute approximate surface area is 188 Å². The minimum atomic E-state index is -0.203. The molecule has 1 aromatic heterocycles. The Morgan fingerprint density at radius 3 is 2.81 bits per heavy atom. The second-order valence-electron chi connectivity index (χ2n) is 8.57. The molecular formula is C25H31N5O2. The molecule has 2 aromatic carbocycles. The Morgan fingerprint density at radius 1 is 1.22 bits per heavy atom. The van der Waals surface area contributed by atoms with Gasteiger partial charge in [-0.3, -0.25) is 9.89 Å². The summed E-state index contributed by atoms with van der Waals surface area (Å²) in [7, 11) is 1.60. The number of benzene rings is 2. The number of carbonyl (C=O) groups is 2. The maximum Gasteiger partial charge on any atom is 0.317 e. The van der Waals surface area contributed by atoms with Crippen LogP contribution in [-0.2, 0) is 0 Å². The van der Waals surface area contributed by atoms with Crippen molar-refractivity contribution in [3.8, 4) is 0 Å². The standard InChI is InChI=1S/C25H31N5O2/c1-17(18-7-4-3-5-8-18)12-13-27-25(32)30-14-6-9-20(16-30)19-10-11-21-22(15-19)28-29-23(21)24(31)26-2/h3-5,7-8,10-11,15,17,20H,6,9,12-14,16H2,1-2H3,(H,26,31)(H,27,32)(H,28,29)/t17-,20?/m0/s1. The predicted molar refractivity (Wildman–Crippen MR) is 126 cm³/mol. The lowest BCUT2D eigenvalue weighted by molar-refractivity contribution is 0.0959. The Hall–Kier alpha value is -3.35. The van der Waals surface area contributed by atoms with Gasteiger partial charge in [-0.15, -0.1) is 0 Å². The van der Waals surface area contributed by atoms with Gasteiger partial charge in [0.25, 0.3) is 5.91 Å². The maximum atomic E-state index is 12.8. The van der Waals surface area contributed by atoms with Crippen LogP contribution < -0.4 is 10.6 Å². The van der Waals surface area contributed by atoms with E-state index in [0.29, 0.717) is 24.7 Å². The molecule has 1 fully saturated rings. The van der Waals surface area contributed by atoms with E-state index in [4.69, 9.17) is 0 Å². The number of nitrogens with zero attached hydrogens (tertiary/aromatic N) is 2. The summed E-state index contributed by atoms with van der Waals surface area (Å²) in [5, 5.41) is 13.6. The summed E-state index contributed by atoms with van der Waals surface area (Å²) in [4.78, 5) is 26.7. The molecule has 7 heteroatoms. The fourth-order valence-electron chi connectivity index (χ4n) is 4.47. The normalized spacial score (nSPS) is 17.2. The molecule has 32 heavy (non-hydrogen) atoms. The van der Waals surface area contributed by atoms with Crippen molar-refractivity contribution in [3.05, 3.63) is 65.4 Å². The first-order valence-electron chi connectivity index (χ1n) is 11.3. The number of carbonyl (C=O) groups excluding carboxylic acids is 2. The van der Waals surface area contributed by atoms with Crippen LogP contribution in [0.2, 0.25) is 0 Å². The van der Waals surface area contributed by atoms with Crippen LogP contribution in [0.25, 0.3) is 10.9 Å². The number of amides is 3. The molecule has 0 aliphatic carbocycles. The van der Waals surface area contributed by atoms with E-state index >= 15 is 0 Å². The van der Waals surface area contributed by atoms with Gasteiger partial charge in [0, 0.05) is 38.0 Å². The highest BCUT2D eigenvalue weighted by Crippen LogP contribution is 2.29. The zero-order valence-electron chi connectivity index (χ0n) is 18.7. The fraction of sp³-hybridized carbons (Fsp3) is 0.400. The van der Waals surface area contributed by atoms with Gasteiger partial charge in [0.1, 0.15) is 0 Å². The zero-order valence-corrected chi connectivity index (χ0v) is 18.7. The number of H-pyrrole nitrogens is 1. The molecule has 1 aliphatic heterocycles. The number of urea groups is 1. The summed E-state index contributed by atoms with van der Waals surface area (Å²) >= 11 is 0. The summed E-state index contributed by atoms with van der Waals surface area (Å²) in [6.07, 6.45) is 2.93. The van der Waals surface area contributed by atoms with Gasteiger partial charge in [0.15, 0.2) is 5.69 Å². The molecule has 0 bridgehead atoms. The monoisotopic (exact) mass is 433 g/mol. The lowest BCUT2D eigenvalue weighted by Gasteiger charge is -2.33. The van der Waals surface area contributed by atoms with Crippen LogP contribution in [0.15, 0.2) is 48.5 Å². The second kappa shape index (κ2) is 9.85. The third-order valence-corrected chi connectivity index (χ3v) is 6.43. The third kappa shape index (κ3) is 4.77. The second-order valence-corrected chi connectivity index (χ2v) is 8.57. The molecule has 0 spiro atoms. The Bertz CT molecular complexity index is 1080. The first kappa shape index (κ1) is 21.9. The molecule has 3 aromatic rings. The van der Waals surface area contributed by atoms with E-state index in [0.717, 1.165) is 36.7 Å². The zero-order chi connectivity index (χ0) is 22.5. The Balaban J connectivity index is 1.34. The number of hydrogen-bond acceptors (Lipinski definition) is 3. The van der Waals surface area contributed by atoms with Crippen molar-refractivity contribution >= 4 is 22.8 Å². The van der Waals surface area contributed by atoms with Gasteiger partial charge in [-0.05, 0) is 42.4 Å². The van der Waals surface area contributed by atoms with E-state index in [9.17, 15) is 9.59 Å². The molecule has 3 amide bonds. The number of likely N-dealkylation sites (tertiary alicyclic amines) is 1. The predicted octanol–water partition coefficient (Wildman–Crippen LogP) is 4.01. The van der Waals surface area contributed by atoms with Gasteiger partial charge in [-0.1, -0.05) is 49.4 Å². The summed E-state index contributed by atoms with van der Waals surface area (Å²) < 4.78 is 0. The third-order valence-electron chi connectivity index (χ3n) is 6.43. The van der Waals surface area contributed by atoms with Gasteiger partial charge >= 0.3 is 6.03 Å². The number of hydrogen-bond donors (Lipinski definition) is 3. The lowest BCUT2D eigenvalue weighted by Crippen LogP contribution is -2.45. The van der Waals surface area contributed by atoms with Crippen LogP contribution in [-0.4, -0.2) is 53.7 Å². The van der Waals surface area contributed by atoms with Gasteiger partial charge in [0.05, 0.1) is 5.52 Å². The SMILES string of the molecule is CNC(=O)c1n[nH]c2cc(C3CCCN(C(=O)NCC[C@H](C)c4ccccc4)C3)ccc12. The number of fused-ring (bicyclic) bond motifs is 1. The quantitative estimate of drug-likeness (QED) is 0.549. The van der Waals surface area contributed by atoms with Crippen molar-refractivity contribution in [1.29, 1.82) is 0 Å². The number of rotatable bonds is 6. The van der Waals surface area contributed by atoms with Crippen molar-refractivity contribution < 1.29 is 9.59 Å². The Morgan fingerprint density at radius 2 is 2.03 bits per heavy atom. The van der Waals surface area contributed by atoms with E-state index in [1.807, 2.05) is 17.0 Å². The summed E-state index contributed by atoms with van der Waals surface area (Å²) in [6.45, 7) is 4.34. The highest BCUT2D eigenvalue weighted by molar-refractivity contribution is 6.04. The molecule has 1 unspecified atom stereocenters. The van der Waals surface area contributed by atoms with E-state index < -0.39 is 0 Å². The maximum absolute atomic E-state index is 12.8. The summed E-state index contributed by atoms with van der Waals surface area (Å²) in [5.41, 5.74) is 3.72. The minimum Gasteiger partial charge on any atom is -0.354 e. The van der Waals surface area contributed by atoms with Crippen LogP contribution in [0, 0.1) is 0 Å². The molecule has 0 radical (unpaired) electrons. The molecule has 168 valence electrons. The molecule has 0 saturated carbocycles. The molecule has 2 atom stereocenters. The van der Waals surface area contributed by atoms with E-state index in [2.05, 4.69) is 64.2 Å². The highest BCUT2D eigenvalue weighted by Gasteiger charge is 2.25. The van der Waals surface area contributed by atoms with Crippen molar-refractivity contribution in [2.75, 3.05) is 26.7 Å². The molecule has 3 N–H and O–H groups in total. The van der Waals surface area contributed by atoms with Crippen LogP contribution >= 0.6 is 0 Å². The van der Waals surface area contributed by atoms with Crippen molar-refractivity contribution in [1.82, 2.24) is 25.7 Å². The van der Waals surface area contributed by atoms with Gasteiger partial charge in [0.2, 0.25) is 0 Å². The van der Waals surface area contributed by atoms with E-state index in [1.165, 1.54) is 11.1 Å². The molecule has 4 rings (SSSR count). The largest absolute Gasteiger partial charge is 0.354 e. The van der Waals surface area contributed by atoms with Crippen molar-refractivity contribution in [3.63, 3.8) is 0 Å². The van der Waals surface area contributed by atoms with Crippen molar-refractivity contribution in [2.24, 2.45) is 0 Å². The minimum absolute atomic E-state index is 0.0134. The molecule has 1 saturated heterocycles. The van der Waals surface area contributed by atoms with Gasteiger partial charge in [-0.25, -0.2) is 4.79 Å². The van der Waals surface area contributed by atoms with Crippen molar-refractivity contribution in [2.45, 2.75) is 38.0 Å². The molecular weight excluding hydrogens is 402 g/mol. The van der Waals surface area contributed by atoms with Crippen LogP contribution in [0.5, 0.6) is 0 Å². The summed E-state index contributed by atoms with van der Waals surface area (Å²) in [5.74, 6) is 0.478. The Kier molecular flexibility index (Phi) is 6.73. The number of piperidine rings is 1. The highest BCUT2D eigenvalue weighted by atomic mass is 16.2. The lowest BCUT2D eigenvalue weighted by atomic mass is 9.90. The smallest absolute Gasteiger partial charge is 0.317 e. The average Bonchev–Trinajstić information content (AvgIpc) is 3.27. The summed E-state index contributed by atoms with van der Waals surface area (Å²) in [6, 6.07) is 16.5. The van der Waals surface area contributed by atoms with Crippen LogP contribution in [0.3, 0.4) is 0 Å². The van der Waals surface area contributed by atoms with E-state index in [-0.39, 0.29) is 17.9 Å².